The van der Waals surface area contributed by atoms with Gasteiger partial charge in [-0.05, 0) is 42.0 Å². The van der Waals surface area contributed by atoms with E-state index in [9.17, 15) is 22.4 Å². The van der Waals surface area contributed by atoms with Crippen LogP contribution in [0, 0.1) is 5.82 Å². The van der Waals surface area contributed by atoms with E-state index in [1.54, 1.807) is 23.2 Å². The van der Waals surface area contributed by atoms with Crippen LogP contribution in [0.3, 0.4) is 0 Å². The normalized spacial score (nSPS) is 15.0. The van der Waals surface area contributed by atoms with Gasteiger partial charge < -0.3 is 9.64 Å². The lowest BCUT2D eigenvalue weighted by Crippen LogP contribution is -2.48. The van der Waals surface area contributed by atoms with Gasteiger partial charge in [0.2, 0.25) is 0 Å². The quantitative estimate of drug-likeness (QED) is 0.519. The van der Waals surface area contributed by atoms with Gasteiger partial charge in [0.05, 0.1) is 5.56 Å². The summed E-state index contributed by atoms with van der Waals surface area (Å²) in [6, 6.07) is 12.5. The molecule has 1 aromatic heterocycles. The fraction of sp³-hybridized carbons (Fsp3) is 0.304. The Balaban J connectivity index is 1.28. The molecule has 1 aliphatic heterocycles. The minimum atomic E-state index is -4.37. The third-order valence-corrected chi connectivity index (χ3v) is 5.36. The van der Waals surface area contributed by atoms with Crippen molar-refractivity contribution in [2.24, 2.45) is 0 Å². The molecule has 2 aromatic carbocycles. The van der Waals surface area contributed by atoms with Crippen molar-refractivity contribution in [3.8, 4) is 5.75 Å². The van der Waals surface area contributed by atoms with Crippen molar-refractivity contribution >= 4 is 5.91 Å². The van der Waals surface area contributed by atoms with Crippen LogP contribution in [0.2, 0.25) is 0 Å². The monoisotopic (exact) mass is 462 g/mol. The number of amides is 1. The summed E-state index contributed by atoms with van der Waals surface area (Å²) in [6.45, 7) is 2.48. The molecular formula is C23H22F4N4O2. The lowest BCUT2D eigenvalue weighted by Gasteiger charge is -2.34. The summed E-state index contributed by atoms with van der Waals surface area (Å²) in [7, 11) is 0. The van der Waals surface area contributed by atoms with Crippen LogP contribution in [-0.2, 0) is 19.5 Å². The molecule has 0 spiro atoms. The Kier molecular flexibility index (Phi) is 6.64. The maximum atomic E-state index is 13.0. The van der Waals surface area contributed by atoms with Crippen LogP contribution >= 0.6 is 0 Å². The van der Waals surface area contributed by atoms with E-state index in [4.69, 9.17) is 4.74 Å². The minimum Gasteiger partial charge on any atom is -0.471 e. The van der Waals surface area contributed by atoms with Gasteiger partial charge in [-0.1, -0.05) is 18.2 Å². The van der Waals surface area contributed by atoms with Crippen molar-refractivity contribution in [1.29, 1.82) is 0 Å². The van der Waals surface area contributed by atoms with Gasteiger partial charge in [-0.15, -0.1) is 0 Å². The van der Waals surface area contributed by atoms with Crippen LogP contribution in [0.25, 0.3) is 0 Å². The molecule has 0 N–H and O–H groups in total. The van der Waals surface area contributed by atoms with Gasteiger partial charge in [0, 0.05) is 38.9 Å². The molecule has 0 atom stereocenters. The maximum absolute atomic E-state index is 13.0. The highest BCUT2D eigenvalue weighted by atomic mass is 19.4. The first-order chi connectivity index (χ1) is 15.8. The van der Waals surface area contributed by atoms with Crippen LogP contribution in [0.1, 0.15) is 21.6 Å². The first-order valence-electron chi connectivity index (χ1n) is 10.4. The smallest absolute Gasteiger partial charge is 0.416 e. The predicted octanol–water partition coefficient (Wildman–Crippen LogP) is 4.04. The second kappa shape index (κ2) is 9.62. The first-order valence-corrected chi connectivity index (χ1v) is 10.4. The van der Waals surface area contributed by atoms with E-state index < -0.39 is 11.7 Å². The average molecular weight is 462 g/mol. The Hall–Kier alpha value is -3.40. The van der Waals surface area contributed by atoms with Crippen LogP contribution in [-0.4, -0.2) is 51.7 Å². The number of nitrogens with zero attached hydrogens (tertiary/aromatic N) is 4. The first kappa shape index (κ1) is 22.8. The van der Waals surface area contributed by atoms with Crippen molar-refractivity contribution in [3.63, 3.8) is 0 Å². The zero-order chi connectivity index (χ0) is 23.4. The van der Waals surface area contributed by atoms with Crippen LogP contribution in [0.5, 0.6) is 5.75 Å². The molecule has 0 unspecified atom stereocenters. The molecule has 1 saturated heterocycles. The zero-order valence-corrected chi connectivity index (χ0v) is 17.6. The third kappa shape index (κ3) is 5.89. The molecule has 1 aliphatic rings. The molecule has 1 amide bonds. The number of carbonyl (C=O) groups excluding carboxylic acids is 1. The van der Waals surface area contributed by atoms with Gasteiger partial charge >= 0.3 is 6.18 Å². The van der Waals surface area contributed by atoms with E-state index in [1.807, 2.05) is 4.90 Å². The van der Waals surface area contributed by atoms with Gasteiger partial charge in [-0.2, -0.15) is 18.3 Å². The molecule has 10 heteroatoms. The average Bonchev–Trinajstić information content (AvgIpc) is 3.27. The van der Waals surface area contributed by atoms with Crippen molar-refractivity contribution in [2.45, 2.75) is 19.5 Å². The zero-order valence-electron chi connectivity index (χ0n) is 17.6. The van der Waals surface area contributed by atoms with E-state index in [2.05, 4.69) is 5.10 Å². The summed E-state index contributed by atoms with van der Waals surface area (Å²) >= 11 is 0. The molecule has 0 bridgehead atoms. The van der Waals surface area contributed by atoms with Crippen LogP contribution < -0.4 is 4.74 Å². The number of hydrogen-bond donors (Lipinski definition) is 0. The van der Waals surface area contributed by atoms with E-state index in [-0.39, 0.29) is 24.1 Å². The fourth-order valence-corrected chi connectivity index (χ4v) is 3.59. The van der Waals surface area contributed by atoms with Crippen molar-refractivity contribution in [2.75, 3.05) is 26.2 Å². The highest BCUT2D eigenvalue weighted by Gasteiger charge is 2.30. The molecule has 1 fully saturated rings. The van der Waals surface area contributed by atoms with E-state index in [0.29, 0.717) is 44.0 Å². The SMILES string of the molecule is O=C(c1ccn(COc2ccc(F)cc2)n1)N1CCN(Cc2cccc(C(F)(F)F)c2)CC1. The largest absolute Gasteiger partial charge is 0.471 e. The summed E-state index contributed by atoms with van der Waals surface area (Å²) in [4.78, 5) is 16.5. The molecule has 0 aliphatic carbocycles. The summed E-state index contributed by atoms with van der Waals surface area (Å²) in [5, 5.41) is 4.24. The maximum Gasteiger partial charge on any atom is 0.416 e. The van der Waals surface area contributed by atoms with Gasteiger partial charge in [-0.25, -0.2) is 9.07 Å². The molecule has 2 heterocycles. The molecule has 0 radical (unpaired) electrons. The molecule has 174 valence electrons. The Morgan fingerprint density at radius 2 is 1.73 bits per heavy atom. The van der Waals surface area contributed by atoms with E-state index >= 15 is 0 Å². The second-order valence-corrected chi connectivity index (χ2v) is 7.73. The molecule has 0 saturated carbocycles. The number of rotatable bonds is 6. The minimum absolute atomic E-state index is 0.0731. The summed E-state index contributed by atoms with van der Waals surface area (Å²) in [5.41, 5.74) is 0.210. The van der Waals surface area contributed by atoms with Gasteiger partial charge in [-0.3, -0.25) is 9.69 Å². The molecule has 3 aromatic rings. The Labute approximate surface area is 188 Å². The second-order valence-electron chi connectivity index (χ2n) is 7.73. The van der Waals surface area contributed by atoms with Crippen molar-refractivity contribution in [1.82, 2.24) is 19.6 Å². The highest BCUT2D eigenvalue weighted by molar-refractivity contribution is 5.92. The Morgan fingerprint density at radius 1 is 1.00 bits per heavy atom. The van der Waals surface area contributed by atoms with Gasteiger partial charge in [0.1, 0.15) is 11.6 Å². The number of hydrogen-bond acceptors (Lipinski definition) is 4. The lowest BCUT2D eigenvalue weighted by molar-refractivity contribution is -0.137. The standard InChI is InChI=1S/C23H22F4N4O2/c24-19-4-6-20(7-5-19)33-16-31-9-8-21(28-31)22(32)30-12-10-29(11-13-30)15-17-2-1-3-18(14-17)23(25,26)27/h1-9,14H,10-13,15-16H2. The molecular weight excluding hydrogens is 440 g/mol. The number of ether oxygens (including phenoxy) is 1. The topological polar surface area (TPSA) is 50.6 Å². The Morgan fingerprint density at radius 3 is 2.42 bits per heavy atom. The summed E-state index contributed by atoms with van der Waals surface area (Å²) in [6.07, 6.45) is -2.74. The van der Waals surface area contributed by atoms with E-state index in [1.165, 1.54) is 35.0 Å². The van der Waals surface area contributed by atoms with Crippen molar-refractivity contribution in [3.05, 3.63) is 83.4 Å². The number of carbonyl (C=O) groups is 1. The number of piperazine rings is 1. The Bertz CT molecular complexity index is 1090. The summed E-state index contributed by atoms with van der Waals surface area (Å²) in [5.74, 6) is -0.0878. The molecule has 4 rings (SSSR count). The number of benzene rings is 2. The number of halogens is 4. The van der Waals surface area contributed by atoms with Crippen molar-refractivity contribution < 1.29 is 27.1 Å². The highest BCUT2D eigenvalue weighted by Crippen LogP contribution is 2.29. The molecule has 6 nitrogen and oxygen atoms in total. The van der Waals surface area contributed by atoms with Crippen LogP contribution in [0.15, 0.2) is 60.8 Å². The predicted molar refractivity (Wildman–Crippen MR) is 112 cm³/mol. The summed E-state index contributed by atoms with van der Waals surface area (Å²) < 4.78 is 58.7. The number of aromatic nitrogens is 2. The number of alkyl halides is 3. The van der Waals surface area contributed by atoms with Crippen LogP contribution in [0.4, 0.5) is 17.6 Å². The van der Waals surface area contributed by atoms with Gasteiger partial charge in [0.25, 0.3) is 5.91 Å². The third-order valence-electron chi connectivity index (χ3n) is 5.36. The van der Waals surface area contributed by atoms with E-state index in [0.717, 1.165) is 12.1 Å². The fourth-order valence-electron chi connectivity index (χ4n) is 3.59. The molecule has 33 heavy (non-hydrogen) atoms. The van der Waals surface area contributed by atoms with Gasteiger partial charge in [0.15, 0.2) is 12.4 Å². The lowest BCUT2D eigenvalue weighted by atomic mass is 10.1.